The molecule has 0 aromatic heterocycles. The third kappa shape index (κ3) is 4.25. The SMILES string of the molecule is C=C(C)C(NS(=O)(=O)C(F)(F)F)[C@H](C)[C@H](C)CO. The number of aliphatic hydroxyl groups is 1. The molecule has 0 rings (SSSR count). The Balaban J connectivity index is 5.15. The Morgan fingerprint density at radius 1 is 1.39 bits per heavy atom. The van der Waals surface area contributed by atoms with Crippen molar-refractivity contribution >= 4 is 10.0 Å². The van der Waals surface area contributed by atoms with E-state index in [4.69, 9.17) is 5.11 Å². The summed E-state index contributed by atoms with van der Waals surface area (Å²) < 4.78 is 60.5. The smallest absolute Gasteiger partial charge is 0.396 e. The molecule has 0 fully saturated rings. The highest BCUT2D eigenvalue weighted by molar-refractivity contribution is 7.90. The van der Waals surface area contributed by atoms with Gasteiger partial charge in [-0.1, -0.05) is 26.0 Å². The van der Waals surface area contributed by atoms with E-state index in [1.54, 1.807) is 18.6 Å². The summed E-state index contributed by atoms with van der Waals surface area (Å²) in [7, 11) is -5.42. The molecule has 0 spiro atoms. The first kappa shape index (κ1) is 17.4. The Kier molecular flexibility index (Phi) is 5.83. The number of hydrogen-bond acceptors (Lipinski definition) is 3. The first-order chi connectivity index (χ1) is 7.94. The predicted octanol–water partition coefficient (Wildman–Crippen LogP) is 1.63. The van der Waals surface area contributed by atoms with Crippen LogP contribution in [0.15, 0.2) is 12.2 Å². The summed E-state index contributed by atoms with van der Waals surface area (Å²) in [6.07, 6.45) is 0. The number of alkyl halides is 3. The summed E-state index contributed by atoms with van der Waals surface area (Å²) in [5, 5.41) is 8.96. The van der Waals surface area contributed by atoms with Gasteiger partial charge in [0.2, 0.25) is 0 Å². The molecule has 0 aliphatic heterocycles. The fourth-order valence-corrected chi connectivity index (χ4v) is 2.27. The van der Waals surface area contributed by atoms with Crippen LogP contribution in [-0.2, 0) is 10.0 Å². The van der Waals surface area contributed by atoms with Crippen LogP contribution in [0.4, 0.5) is 13.2 Å². The van der Waals surface area contributed by atoms with Gasteiger partial charge in [0.15, 0.2) is 0 Å². The van der Waals surface area contributed by atoms with Crippen molar-refractivity contribution in [2.45, 2.75) is 32.3 Å². The molecule has 4 nitrogen and oxygen atoms in total. The molecule has 18 heavy (non-hydrogen) atoms. The second-order valence-corrected chi connectivity index (χ2v) is 6.12. The lowest BCUT2D eigenvalue weighted by molar-refractivity contribution is -0.0452. The molecule has 0 aliphatic rings. The van der Waals surface area contributed by atoms with E-state index in [1.165, 1.54) is 6.92 Å². The van der Waals surface area contributed by atoms with Gasteiger partial charge in [0, 0.05) is 12.6 Å². The van der Waals surface area contributed by atoms with E-state index in [-0.39, 0.29) is 18.1 Å². The Morgan fingerprint density at radius 2 is 1.83 bits per heavy atom. The molecular formula is C10H18F3NO3S. The van der Waals surface area contributed by atoms with Gasteiger partial charge in [0.1, 0.15) is 0 Å². The molecule has 1 unspecified atom stereocenters. The number of sulfonamides is 1. The second kappa shape index (κ2) is 6.03. The van der Waals surface area contributed by atoms with E-state index in [9.17, 15) is 21.6 Å². The normalized spacial score (nSPS) is 18.2. The van der Waals surface area contributed by atoms with E-state index in [0.717, 1.165) is 0 Å². The maximum absolute atomic E-state index is 12.3. The van der Waals surface area contributed by atoms with Gasteiger partial charge in [-0.15, -0.1) is 0 Å². The topological polar surface area (TPSA) is 66.4 Å². The van der Waals surface area contributed by atoms with Crippen LogP contribution in [0.1, 0.15) is 20.8 Å². The highest BCUT2D eigenvalue weighted by Crippen LogP contribution is 2.26. The summed E-state index contributed by atoms with van der Waals surface area (Å²) in [6, 6.07) is -1.07. The Labute approximate surface area is 105 Å². The minimum atomic E-state index is -5.42. The number of halogens is 3. The van der Waals surface area contributed by atoms with Crippen LogP contribution in [0.2, 0.25) is 0 Å². The van der Waals surface area contributed by atoms with Crippen molar-refractivity contribution < 1.29 is 26.7 Å². The molecule has 8 heteroatoms. The summed E-state index contributed by atoms with van der Waals surface area (Å²) >= 11 is 0. The zero-order valence-electron chi connectivity index (χ0n) is 10.5. The fourth-order valence-electron chi connectivity index (χ4n) is 1.39. The minimum Gasteiger partial charge on any atom is -0.396 e. The van der Waals surface area contributed by atoms with Crippen LogP contribution in [0, 0.1) is 11.8 Å². The first-order valence-electron chi connectivity index (χ1n) is 5.29. The minimum absolute atomic E-state index is 0.251. The summed E-state index contributed by atoms with van der Waals surface area (Å²) in [6.45, 7) is 7.84. The van der Waals surface area contributed by atoms with Crippen LogP contribution < -0.4 is 4.72 Å². The van der Waals surface area contributed by atoms with E-state index >= 15 is 0 Å². The standard InChI is InChI=1S/C10H18F3NO3S/c1-6(2)9(8(4)7(3)5-15)14-18(16,17)10(11,12)13/h7-9,14-15H,1,5H2,2-4H3/t7-,8-,9?/m1/s1. The van der Waals surface area contributed by atoms with Crippen molar-refractivity contribution in [2.24, 2.45) is 11.8 Å². The molecule has 108 valence electrons. The van der Waals surface area contributed by atoms with Gasteiger partial charge >= 0.3 is 15.5 Å². The molecule has 0 bridgehead atoms. The lowest BCUT2D eigenvalue weighted by Gasteiger charge is -2.29. The fraction of sp³-hybridized carbons (Fsp3) is 0.800. The molecule has 0 aromatic rings. The summed E-state index contributed by atoms with van der Waals surface area (Å²) in [5.74, 6) is -0.868. The number of nitrogens with one attached hydrogen (secondary N) is 1. The van der Waals surface area contributed by atoms with Crippen LogP contribution in [-0.4, -0.2) is 31.7 Å². The van der Waals surface area contributed by atoms with E-state index in [2.05, 4.69) is 6.58 Å². The molecule has 3 atom stereocenters. The Hall–Kier alpha value is -0.600. The van der Waals surface area contributed by atoms with Crippen LogP contribution in [0.3, 0.4) is 0 Å². The largest absolute Gasteiger partial charge is 0.511 e. The second-order valence-electron chi connectivity index (χ2n) is 4.41. The predicted molar refractivity (Wildman–Crippen MR) is 62.1 cm³/mol. The molecular weight excluding hydrogens is 271 g/mol. The highest BCUT2D eigenvalue weighted by atomic mass is 32.2. The van der Waals surface area contributed by atoms with E-state index in [1.807, 2.05) is 0 Å². The van der Waals surface area contributed by atoms with Gasteiger partial charge < -0.3 is 5.11 Å². The lowest BCUT2D eigenvalue weighted by Crippen LogP contribution is -2.47. The number of hydrogen-bond donors (Lipinski definition) is 2. The lowest BCUT2D eigenvalue weighted by atomic mass is 9.87. The monoisotopic (exact) mass is 289 g/mol. The maximum atomic E-state index is 12.3. The number of aliphatic hydroxyl groups excluding tert-OH is 1. The van der Waals surface area contributed by atoms with Gasteiger partial charge in [0.25, 0.3) is 0 Å². The highest BCUT2D eigenvalue weighted by Gasteiger charge is 2.47. The van der Waals surface area contributed by atoms with Gasteiger partial charge in [-0.25, -0.2) is 8.42 Å². The van der Waals surface area contributed by atoms with Gasteiger partial charge in [-0.05, 0) is 18.8 Å². The third-order valence-corrected chi connectivity index (χ3v) is 4.00. The summed E-state index contributed by atoms with van der Waals surface area (Å²) in [4.78, 5) is 0. The van der Waals surface area contributed by atoms with Crippen molar-refractivity contribution in [1.29, 1.82) is 0 Å². The average molecular weight is 289 g/mol. The number of rotatable bonds is 6. The third-order valence-electron chi connectivity index (χ3n) is 2.83. The maximum Gasteiger partial charge on any atom is 0.511 e. The Bertz CT molecular complexity index is 392. The van der Waals surface area contributed by atoms with Gasteiger partial charge in [-0.2, -0.15) is 17.9 Å². The molecule has 2 N–H and O–H groups in total. The van der Waals surface area contributed by atoms with Crippen molar-refractivity contribution in [3.63, 3.8) is 0 Å². The average Bonchev–Trinajstić information content (AvgIpc) is 2.21. The van der Waals surface area contributed by atoms with Crippen LogP contribution >= 0.6 is 0 Å². The molecule has 0 aliphatic carbocycles. The Morgan fingerprint density at radius 3 is 2.11 bits per heavy atom. The van der Waals surface area contributed by atoms with Crippen LogP contribution in [0.25, 0.3) is 0 Å². The van der Waals surface area contributed by atoms with Crippen LogP contribution in [0.5, 0.6) is 0 Å². The molecule has 0 heterocycles. The van der Waals surface area contributed by atoms with E-state index in [0.29, 0.717) is 0 Å². The van der Waals surface area contributed by atoms with Crippen molar-refractivity contribution in [3.05, 3.63) is 12.2 Å². The zero-order valence-corrected chi connectivity index (χ0v) is 11.3. The first-order valence-corrected chi connectivity index (χ1v) is 6.77. The molecule has 0 radical (unpaired) electrons. The van der Waals surface area contributed by atoms with Crippen molar-refractivity contribution in [1.82, 2.24) is 4.72 Å². The van der Waals surface area contributed by atoms with Gasteiger partial charge in [-0.3, -0.25) is 0 Å². The quantitative estimate of drug-likeness (QED) is 0.730. The summed E-state index contributed by atoms with van der Waals surface area (Å²) in [5.41, 5.74) is -5.10. The van der Waals surface area contributed by atoms with Crippen molar-refractivity contribution in [3.8, 4) is 0 Å². The molecule has 0 saturated heterocycles. The molecule has 0 aromatic carbocycles. The molecule has 0 amide bonds. The van der Waals surface area contributed by atoms with E-state index < -0.39 is 27.5 Å². The zero-order chi connectivity index (χ0) is 14.7. The van der Waals surface area contributed by atoms with Gasteiger partial charge in [0.05, 0.1) is 0 Å². The van der Waals surface area contributed by atoms with Crippen molar-refractivity contribution in [2.75, 3.05) is 6.61 Å². The molecule has 0 saturated carbocycles.